The maximum Gasteiger partial charge on any atom is 0.256 e. The number of pyridine rings is 1. The smallest absolute Gasteiger partial charge is 0.256 e. The van der Waals surface area contributed by atoms with Gasteiger partial charge in [0, 0.05) is 36.6 Å². The number of para-hydroxylation sites is 1. The zero-order chi connectivity index (χ0) is 16.4. The number of fused-ring (bicyclic) bond motifs is 1. The van der Waals surface area contributed by atoms with E-state index in [1.54, 1.807) is 12.4 Å². The lowest BCUT2D eigenvalue weighted by atomic mass is 9.93. The first-order valence-electron chi connectivity index (χ1n) is 8.42. The molecule has 5 heteroatoms. The number of benzene rings is 1. The number of carbonyl (C=O) groups excluding carboxylic acids is 1. The highest BCUT2D eigenvalue weighted by atomic mass is 16.2. The van der Waals surface area contributed by atoms with E-state index in [9.17, 15) is 4.79 Å². The molecule has 1 atom stereocenters. The van der Waals surface area contributed by atoms with Crippen LogP contribution in [0.3, 0.4) is 0 Å². The van der Waals surface area contributed by atoms with Crippen molar-refractivity contribution in [2.24, 2.45) is 5.92 Å². The van der Waals surface area contributed by atoms with Crippen molar-refractivity contribution in [2.75, 3.05) is 13.1 Å². The Morgan fingerprint density at radius 2 is 2.12 bits per heavy atom. The highest BCUT2D eigenvalue weighted by molar-refractivity contribution is 6.05. The number of amides is 1. The average molecular weight is 320 g/mol. The van der Waals surface area contributed by atoms with Crippen LogP contribution in [0, 0.1) is 5.92 Å². The zero-order valence-corrected chi connectivity index (χ0v) is 13.5. The fourth-order valence-electron chi connectivity index (χ4n) is 3.57. The maximum atomic E-state index is 13.0. The molecule has 1 saturated heterocycles. The Morgan fingerprint density at radius 3 is 3.00 bits per heavy atom. The molecule has 1 aliphatic heterocycles. The Balaban J connectivity index is 1.55. The molecule has 5 nitrogen and oxygen atoms in total. The Kier molecular flexibility index (Phi) is 3.99. The Morgan fingerprint density at radius 1 is 1.21 bits per heavy atom. The number of nitrogens with one attached hydrogen (secondary N) is 1. The monoisotopic (exact) mass is 320 g/mol. The summed E-state index contributed by atoms with van der Waals surface area (Å²) in [7, 11) is 0. The fraction of sp³-hybridized carbons (Fsp3) is 0.316. The molecule has 2 aromatic heterocycles. The Labute approximate surface area is 140 Å². The van der Waals surface area contributed by atoms with E-state index in [0.29, 0.717) is 11.5 Å². The molecule has 1 aromatic carbocycles. The van der Waals surface area contributed by atoms with Gasteiger partial charge in [-0.3, -0.25) is 14.9 Å². The van der Waals surface area contributed by atoms with E-state index in [1.807, 2.05) is 41.3 Å². The summed E-state index contributed by atoms with van der Waals surface area (Å²) < 4.78 is 0. The van der Waals surface area contributed by atoms with Crippen LogP contribution in [0.2, 0.25) is 0 Å². The Hall–Kier alpha value is -2.69. The van der Waals surface area contributed by atoms with Crippen molar-refractivity contribution in [1.82, 2.24) is 20.1 Å². The van der Waals surface area contributed by atoms with Crippen LogP contribution >= 0.6 is 0 Å². The highest BCUT2D eigenvalue weighted by Gasteiger charge is 2.26. The number of hydrogen-bond donors (Lipinski definition) is 1. The van der Waals surface area contributed by atoms with Gasteiger partial charge in [-0.25, -0.2) is 0 Å². The number of aromatic amines is 1. The minimum atomic E-state index is 0.0913. The van der Waals surface area contributed by atoms with Crippen LogP contribution in [0.4, 0.5) is 0 Å². The minimum absolute atomic E-state index is 0.0913. The van der Waals surface area contributed by atoms with E-state index in [1.165, 1.54) is 0 Å². The molecule has 0 radical (unpaired) electrons. The van der Waals surface area contributed by atoms with Crippen molar-refractivity contribution in [3.05, 3.63) is 60.0 Å². The second kappa shape index (κ2) is 6.43. The summed E-state index contributed by atoms with van der Waals surface area (Å²) in [5, 5.41) is 8.04. The van der Waals surface area contributed by atoms with Gasteiger partial charge < -0.3 is 4.90 Å². The maximum absolute atomic E-state index is 13.0. The lowest BCUT2D eigenvalue weighted by Gasteiger charge is -2.32. The second-order valence-corrected chi connectivity index (χ2v) is 6.43. The molecular formula is C19H20N4O. The molecule has 1 N–H and O–H groups in total. The lowest BCUT2D eigenvalue weighted by molar-refractivity contribution is 0.0674. The van der Waals surface area contributed by atoms with Crippen LogP contribution in [0.25, 0.3) is 10.9 Å². The normalized spacial score (nSPS) is 18.0. The first-order chi connectivity index (χ1) is 11.8. The number of carbonyl (C=O) groups is 1. The number of H-pyrrole nitrogens is 1. The summed E-state index contributed by atoms with van der Waals surface area (Å²) in [6.45, 7) is 1.61. The van der Waals surface area contributed by atoms with E-state index in [0.717, 1.165) is 48.9 Å². The summed E-state index contributed by atoms with van der Waals surface area (Å²) in [5.74, 6) is 0.569. The van der Waals surface area contributed by atoms with Crippen LogP contribution < -0.4 is 0 Å². The van der Waals surface area contributed by atoms with Crippen LogP contribution in [0.1, 0.15) is 28.9 Å². The van der Waals surface area contributed by atoms with Gasteiger partial charge in [-0.05, 0) is 43.4 Å². The summed E-state index contributed by atoms with van der Waals surface area (Å²) in [6.07, 6.45) is 6.66. The van der Waals surface area contributed by atoms with Gasteiger partial charge in [-0.1, -0.05) is 18.2 Å². The van der Waals surface area contributed by atoms with Crippen molar-refractivity contribution in [1.29, 1.82) is 0 Å². The van der Waals surface area contributed by atoms with Gasteiger partial charge in [0.25, 0.3) is 5.91 Å². The standard InChI is InChI=1S/C19H20N4O/c24-19(17-7-1-5-15-6-2-9-20-18(15)17)23-11-3-4-14(13-23)12-16-8-10-21-22-16/h1-2,5-10,14H,3-4,11-13H2,(H,21,22). The van der Waals surface area contributed by atoms with Gasteiger partial charge in [0.15, 0.2) is 0 Å². The van der Waals surface area contributed by atoms with E-state index in [2.05, 4.69) is 15.2 Å². The summed E-state index contributed by atoms with van der Waals surface area (Å²) >= 11 is 0. The van der Waals surface area contributed by atoms with Crippen LogP contribution in [0.5, 0.6) is 0 Å². The summed E-state index contributed by atoms with van der Waals surface area (Å²) in [4.78, 5) is 19.4. The molecule has 122 valence electrons. The highest BCUT2D eigenvalue weighted by Crippen LogP contribution is 2.24. The predicted octanol–water partition coefficient (Wildman–Crippen LogP) is 3.05. The number of rotatable bonds is 3. The van der Waals surface area contributed by atoms with Crippen molar-refractivity contribution < 1.29 is 4.79 Å². The molecule has 0 aliphatic carbocycles. The third kappa shape index (κ3) is 2.89. The van der Waals surface area contributed by atoms with E-state index < -0.39 is 0 Å². The third-order valence-corrected chi connectivity index (χ3v) is 4.74. The van der Waals surface area contributed by atoms with Crippen LogP contribution in [0.15, 0.2) is 48.8 Å². The molecule has 1 unspecified atom stereocenters. The molecule has 1 amide bonds. The van der Waals surface area contributed by atoms with Gasteiger partial charge in [-0.2, -0.15) is 5.10 Å². The second-order valence-electron chi connectivity index (χ2n) is 6.43. The number of likely N-dealkylation sites (tertiary alicyclic amines) is 1. The van der Waals surface area contributed by atoms with Crippen molar-refractivity contribution in [3.8, 4) is 0 Å². The molecule has 3 aromatic rings. The summed E-state index contributed by atoms with van der Waals surface area (Å²) in [5.41, 5.74) is 2.64. The van der Waals surface area contributed by atoms with E-state index in [4.69, 9.17) is 0 Å². The van der Waals surface area contributed by atoms with Crippen LogP contribution in [-0.2, 0) is 6.42 Å². The van der Waals surface area contributed by atoms with Gasteiger partial charge in [0.2, 0.25) is 0 Å². The van der Waals surface area contributed by atoms with Gasteiger partial charge in [-0.15, -0.1) is 0 Å². The fourth-order valence-corrected chi connectivity index (χ4v) is 3.57. The van der Waals surface area contributed by atoms with Crippen molar-refractivity contribution in [3.63, 3.8) is 0 Å². The molecule has 0 saturated carbocycles. The first kappa shape index (κ1) is 14.9. The van der Waals surface area contributed by atoms with Gasteiger partial charge in [0.05, 0.1) is 11.1 Å². The van der Waals surface area contributed by atoms with E-state index >= 15 is 0 Å². The SMILES string of the molecule is O=C(c1cccc2cccnc12)N1CCCC(Cc2ccn[nH]2)C1. The zero-order valence-electron chi connectivity index (χ0n) is 13.5. The number of nitrogens with zero attached hydrogens (tertiary/aromatic N) is 3. The quantitative estimate of drug-likeness (QED) is 0.807. The van der Waals surface area contributed by atoms with Crippen LogP contribution in [-0.4, -0.2) is 39.1 Å². The number of piperidine rings is 1. The number of hydrogen-bond acceptors (Lipinski definition) is 3. The molecule has 0 bridgehead atoms. The largest absolute Gasteiger partial charge is 0.338 e. The van der Waals surface area contributed by atoms with Crippen molar-refractivity contribution in [2.45, 2.75) is 19.3 Å². The first-order valence-corrected chi connectivity index (χ1v) is 8.42. The minimum Gasteiger partial charge on any atom is -0.338 e. The third-order valence-electron chi connectivity index (χ3n) is 4.74. The lowest BCUT2D eigenvalue weighted by Crippen LogP contribution is -2.40. The van der Waals surface area contributed by atoms with Gasteiger partial charge in [0.1, 0.15) is 0 Å². The molecule has 0 spiro atoms. The molecular weight excluding hydrogens is 300 g/mol. The molecule has 3 heterocycles. The molecule has 1 fully saturated rings. The molecule has 24 heavy (non-hydrogen) atoms. The molecule has 4 rings (SSSR count). The topological polar surface area (TPSA) is 61.9 Å². The van der Waals surface area contributed by atoms with Gasteiger partial charge >= 0.3 is 0 Å². The number of aromatic nitrogens is 3. The average Bonchev–Trinajstić information content (AvgIpc) is 3.14. The summed E-state index contributed by atoms with van der Waals surface area (Å²) in [6, 6.07) is 11.7. The molecule has 1 aliphatic rings. The van der Waals surface area contributed by atoms with E-state index in [-0.39, 0.29) is 5.91 Å². The van der Waals surface area contributed by atoms with Crippen molar-refractivity contribution >= 4 is 16.8 Å². The predicted molar refractivity (Wildman–Crippen MR) is 92.7 cm³/mol. The Bertz CT molecular complexity index is 838.